The first-order valence-electron chi connectivity index (χ1n) is 8.87. The van der Waals surface area contributed by atoms with Crippen LogP contribution in [0.3, 0.4) is 0 Å². The summed E-state index contributed by atoms with van der Waals surface area (Å²) in [6.07, 6.45) is 2.94. The minimum absolute atomic E-state index is 0.154. The summed E-state index contributed by atoms with van der Waals surface area (Å²) in [5.41, 5.74) is 0.845. The Morgan fingerprint density at radius 3 is 2.60 bits per heavy atom. The standard InChI is InChI=1S/C19H34N4O2/c1-14(2)10-15(3)25-17-11-16(8-9-21-17)12-22-18(20-6)23-13-19(4,5)24-7/h8-9,11,14-15H,10,12-13H2,1-7H3,(H2,20,22,23). The van der Waals surface area contributed by atoms with Crippen LogP contribution in [0.4, 0.5) is 0 Å². The predicted molar refractivity (Wildman–Crippen MR) is 103 cm³/mol. The van der Waals surface area contributed by atoms with Crippen molar-refractivity contribution in [2.24, 2.45) is 10.9 Å². The second-order valence-electron chi connectivity index (χ2n) is 7.30. The zero-order valence-electron chi connectivity index (χ0n) is 16.7. The van der Waals surface area contributed by atoms with Crippen molar-refractivity contribution >= 4 is 5.96 Å². The molecular formula is C19H34N4O2. The van der Waals surface area contributed by atoms with Crippen LogP contribution in [0.5, 0.6) is 5.88 Å². The molecule has 25 heavy (non-hydrogen) atoms. The highest BCUT2D eigenvalue weighted by Gasteiger charge is 2.16. The van der Waals surface area contributed by atoms with Crippen molar-refractivity contribution in [2.45, 2.75) is 59.3 Å². The van der Waals surface area contributed by atoms with Crippen molar-refractivity contribution in [1.29, 1.82) is 0 Å². The monoisotopic (exact) mass is 350 g/mol. The van der Waals surface area contributed by atoms with Gasteiger partial charge in [-0.1, -0.05) is 13.8 Å². The van der Waals surface area contributed by atoms with Gasteiger partial charge < -0.3 is 20.1 Å². The van der Waals surface area contributed by atoms with Crippen LogP contribution in [-0.2, 0) is 11.3 Å². The minimum Gasteiger partial charge on any atom is -0.475 e. The summed E-state index contributed by atoms with van der Waals surface area (Å²) >= 11 is 0. The number of aromatic nitrogens is 1. The highest BCUT2D eigenvalue weighted by Crippen LogP contribution is 2.14. The van der Waals surface area contributed by atoms with Crippen molar-refractivity contribution in [2.75, 3.05) is 20.7 Å². The van der Waals surface area contributed by atoms with Crippen LogP contribution < -0.4 is 15.4 Å². The van der Waals surface area contributed by atoms with Crippen LogP contribution in [0, 0.1) is 5.92 Å². The largest absolute Gasteiger partial charge is 0.475 e. The maximum atomic E-state index is 5.90. The Kier molecular flexibility index (Phi) is 8.69. The molecule has 1 unspecified atom stereocenters. The lowest BCUT2D eigenvalue weighted by Gasteiger charge is -2.24. The minimum atomic E-state index is -0.248. The lowest BCUT2D eigenvalue weighted by atomic mass is 10.1. The van der Waals surface area contributed by atoms with E-state index < -0.39 is 0 Å². The number of ether oxygens (including phenoxy) is 2. The third kappa shape index (κ3) is 8.72. The normalized spacial score (nSPS) is 13.7. The molecule has 0 aliphatic carbocycles. The fraction of sp³-hybridized carbons (Fsp3) is 0.684. The zero-order chi connectivity index (χ0) is 18.9. The lowest BCUT2D eigenvalue weighted by molar-refractivity contribution is 0.0268. The molecule has 2 N–H and O–H groups in total. The highest BCUT2D eigenvalue weighted by atomic mass is 16.5. The summed E-state index contributed by atoms with van der Waals surface area (Å²) in [6.45, 7) is 11.8. The fourth-order valence-corrected chi connectivity index (χ4v) is 2.32. The van der Waals surface area contributed by atoms with E-state index in [2.05, 4.69) is 41.4 Å². The van der Waals surface area contributed by atoms with Crippen molar-refractivity contribution in [1.82, 2.24) is 15.6 Å². The SMILES string of the molecule is CN=C(NCc1ccnc(OC(C)CC(C)C)c1)NCC(C)(C)OC. The molecule has 1 aromatic heterocycles. The second kappa shape index (κ2) is 10.2. The molecule has 142 valence electrons. The molecule has 1 aromatic rings. The van der Waals surface area contributed by atoms with Crippen LogP contribution in [-0.4, -0.2) is 43.4 Å². The highest BCUT2D eigenvalue weighted by molar-refractivity contribution is 5.79. The number of guanidine groups is 1. The van der Waals surface area contributed by atoms with Crippen molar-refractivity contribution in [3.63, 3.8) is 0 Å². The summed E-state index contributed by atoms with van der Waals surface area (Å²) in [5, 5.41) is 6.56. The van der Waals surface area contributed by atoms with E-state index in [0.717, 1.165) is 17.9 Å². The first-order valence-corrected chi connectivity index (χ1v) is 8.87. The van der Waals surface area contributed by atoms with Crippen LogP contribution >= 0.6 is 0 Å². The quantitative estimate of drug-likeness (QED) is 0.529. The number of nitrogens with zero attached hydrogens (tertiary/aromatic N) is 2. The Bertz CT molecular complexity index is 544. The van der Waals surface area contributed by atoms with Gasteiger partial charge >= 0.3 is 0 Å². The van der Waals surface area contributed by atoms with E-state index in [1.807, 2.05) is 26.0 Å². The Hall–Kier alpha value is -1.82. The molecule has 1 heterocycles. The Labute approximate surface area is 152 Å². The molecule has 6 nitrogen and oxygen atoms in total. The second-order valence-corrected chi connectivity index (χ2v) is 7.30. The van der Waals surface area contributed by atoms with Crippen molar-refractivity contribution < 1.29 is 9.47 Å². The molecule has 0 fully saturated rings. The van der Waals surface area contributed by atoms with Gasteiger partial charge in [0.15, 0.2) is 5.96 Å². The number of hydrogen-bond donors (Lipinski definition) is 2. The van der Waals surface area contributed by atoms with Crippen LogP contribution in [0.15, 0.2) is 23.3 Å². The van der Waals surface area contributed by atoms with Gasteiger partial charge in [0.25, 0.3) is 0 Å². The molecule has 0 aliphatic rings. The van der Waals surface area contributed by atoms with E-state index in [4.69, 9.17) is 9.47 Å². The molecule has 0 saturated carbocycles. The first kappa shape index (κ1) is 21.2. The number of aliphatic imine (C=N–C) groups is 1. The summed E-state index contributed by atoms with van der Waals surface area (Å²) in [4.78, 5) is 8.54. The van der Waals surface area contributed by atoms with Gasteiger partial charge in [0.2, 0.25) is 5.88 Å². The van der Waals surface area contributed by atoms with Gasteiger partial charge in [-0.2, -0.15) is 0 Å². The van der Waals surface area contributed by atoms with Crippen LogP contribution in [0.2, 0.25) is 0 Å². The molecule has 0 saturated heterocycles. The van der Waals surface area contributed by atoms with Crippen molar-refractivity contribution in [3.05, 3.63) is 23.9 Å². The average Bonchev–Trinajstić information content (AvgIpc) is 2.54. The van der Waals surface area contributed by atoms with Gasteiger partial charge in [-0.3, -0.25) is 4.99 Å². The average molecular weight is 351 g/mol. The molecular weight excluding hydrogens is 316 g/mol. The van der Waals surface area contributed by atoms with E-state index in [9.17, 15) is 0 Å². The molecule has 1 rings (SSSR count). The molecule has 6 heteroatoms. The van der Waals surface area contributed by atoms with Crippen LogP contribution in [0.1, 0.15) is 46.6 Å². The van der Waals surface area contributed by atoms with Gasteiger partial charge in [-0.25, -0.2) is 4.98 Å². The van der Waals surface area contributed by atoms with Gasteiger partial charge in [0, 0.05) is 39.5 Å². The molecule has 1 atom stereocenters. The summed E-state index contributed by atoms with van der Waals surface area (Å²) in [5.74, 6) is 2.00. The molecule has 0 bridgehead atoms. The van der Waals surface area contributed by atoms with Gasteiger partial charge in [-0.15, -0.1) is 0 Å². The predicted octanol–water partition coefficient (Wildman–Crippen LogP) is 2.99. The number of pyridine rings is 1. The summed E-state index contributed by atoms with van der Waals surface area (Å²) in [6, 6.07) is 3.94. The topological polar surface area (TPSA) is 67.8 Å². The molecule has 0 aliphatic heterocycles. The zero-order valence-corrected chi connectivity index (χ0v) is 16.7. The molecule has 0 amide bonds. The van der Waals surface area contributed by atoms with E-state index in [1.54, 1.807) is 20.4 Å². The van der Waals surface area contributed by atoms with Crippen LogP contribution in [0.25, 0.3) is 0 Å². The maximum absolute atomic E-state index is 5.90. The van der Waals surface area contributed by atoms with E-state index in [0.29, 0.717) is 24.9 Å². The Balaban J connectivity index is 2.55. The van der Waals surface area contributed by atoms with E-state index in [-0.39, 0.29) is 11.7 Å². The fourth-order valence-electron chi connectivity index (χ4n) is 2.32. The molecule has 0 aromatic carbocycles. The van der Waals surface area contributed by atoms with Crippen molar-refractivity contribution in [3.8, 4) is 5.88 Å². The number of nitrogens with one attached hydrogen (secondary N) is 2. The maximum Gasteiger partial charge on any atom is 0.213 e. The Morgan fingerprint density at radius 1 is 1.28 bits per heavy atom. The lowest BCUT2D eigenvalue weighted by Crippen LogP contribution is -2.45. The summed E-state index contributed by atoms with van der Waals surface area (Å²) in [7, 11) is 3.46. The third-order valence-corrected chi connectivity index (χ3v) is 3.84. The number of methoxy groups -OCH3 is 1. The number of hydrogen-bond acceptors (Lipinski definition) is 4. The van der Waals surface area contributed by atoms with Gasteiger partial charge in [0.05, 0.1) is 11.7 Å². The summed E-state index contributed by atoms with van der Waals surface area (Å²) < 4.78 is 11.3. The molecule has 0 radical (unpaired) electrons. The van der Waals surface area contributed by atoms with E-state index >= 15 is 0 Å². The first-order chi connectivity index (χ1) is 11.8. The van der Waals surface area contributed by atoms with E-state index in [1.165, 1.54) is 0 Å². The third-order valence-electron chi connectivity index (χ3n) is 3.84. The Morgan fingerprint density at radius 2 is 2.00 bits per heavy atom. The smallest absolute Gasteiger partial charge is 0.213 e. The van der Waals surface area contributed by atoms with Gasteiger partial charge in [0.1, 0.15) is 0 Å². The van der Waals surface area contributed by atoms with Gasteiger partial charge in [-0.05, 0) is 44.7 Å². The number of rotatable bonds is 9. The molecule has 0 spiro atoms.